The molecule has 0 bridgehead atoms. The highest BCUT2D eigenvalue weighted by atomic mass is 32.2. The maximum absolute atomic E-state index is 11.5. The minimum absolute atomic E-state index is 0.244. The first-order valence-electron chi connectivity index (χ1n) is 6.64. The first-order valence-corrected chi connectivity index (χ1v) is 8.49. The van der Waals surface area contributed by atoms with Gasteiger partial charge in [0.1, 0.15) is 0 Å². The van der Waals surface area contributed by atoms with E-state index in [1.807, 2.05) is 6.92 Å². The molecule has 0 radical (unpaired) electrons. The molecule has 2 atom stereocenters. The zero-order valence-electron chi connectivity index (χ0n) is 11.3. The molecule has 0 aromatic carbocycles. The van der Waals surface area contributed by atoms with Crippen LogP contribution >= 0.6 is 0 Å². The third-order valence-corrected chi connectivity index (χ3v) is 4.48. The van der Waals surface area contributed by atoms with Crippen LogP contribution in [0.1, 0.15) is 32.6 Å². The molecule has 0 aromatic heterocycles. The predicted octanol–water partition coefficient (Wildman–Crippen LogP) is 0.836. The van der Waals surface area contributed by atoms with Crippen molar-refractivity contribution in [1.29, 1.82) is 0 Å². The van der Waals surface area contributed by atoms with Gasteiger partial charge in [0.15, 0.2) is 0 Å². The summed E-state index contributed by atoms with van der Waals surface area (Å²) in [6.45, 7) is 4.18. The van der Waals surface area contributed by atoms with Crippen molar-refractivity contribution in [3.8, 4) is 0 Å². The molecule has 1 N–H and O–H groups in total. The quantitative estimate of drug-likeness (QED) is 0.701. The summed E-state index contributed by atoms with van der Waals surface area (Å²) < 4.78 is 29.7. The molecule has 108 valence electrons. The van der Waals surface area contributed by atoms with Crippen LogP contribution in [0.3, 0.4) is 0 Å². The van der Waals surface area contributed by atoms with E-state index in [1.165, 1.54) is 10.6 Å². The van der Waals surface area contributed by atoms with Gasteiger partial charge in [-0.15, -0.1) is 0 Å². The summed E-state index contributed by atoms with van der Waals surface area (Å²) >= 11 is 0. The van der Waals surface area contributed by atoms with Crippen molar-refractivity contribution >= 4 is 10.0 Å². The van der Waals surface area contributed by atoms with Crippen molar-refractivity contribution in [3.05, 3.63) is 0 Å². The molecule has 1 fully saturated rings. The van der Waals surface area contributed by atoms with Crippen molar-refractivity contribution in [1.82, 2.24) is 4.31 Å². The average Bonchev–Trinajstić information content (AvgIpc) is 2.28. The molecule has 5 nitrogen and oxygen atoms in total. The van der Waals surface area contributed by atoms with E-state index in [9.17, 15) is 13.5 Å². The van der Waals surface area contributed by atoms with Gasteiger partial charge in [0, 0.05) is 19.7 Å². The van der Waals surface area contributed by atoms with Gasteiger partial charge in [-0.05, 0) is 31.6 Å². The van der Waals surface area contributed by atoms with Gasteiger partial charge in [0.05, 0.1) is 19.0 Å². The fourth-order valence-corrected chi connectivity index (χ4v) is 3.28. The number of aliphatic hydroxyl groups is 1. The minimum Gasteiger partial charge on any atom is -0.391 e. The average molecular weight is 279 g/mol. The van der Waals surface area contributed by atoms with E-state index in [1.54, 1.807) is 0 Å². The highest BCUT2D eigenvalue weighted by Gasteiger charge is 2.27. The summed E-state index contributed by atoms with van der Waals surface area (Å²) in [5.41, 5.74) is 0. The molecule has 0 amide bonds. The Labute approximate surface area is 110 Å². The number of aliphatic hydroxyl groups excluding tert-OH is 1. The summed E-state index contributed by atoms with van der Waals surface area (Å²) in [6.07, 6.45) is 4.18. The molecule has 1 aliphatic heterocycles. The molecule has 0 aromatic rings. The Kier molecular flexibility index (Phi) is 6.55. The molecule has 1 saturated heterocycles. The fourth-order valence-electron chi connectivity index (χ4n) is 2.34. The minimum atomic E-state index is -3.10. The second kappa shape index (κ2) is 7.43. The summed E-state index contributed by atoms with van der Waals surface area (Å²) in [5.74, 6) is 0.244. The monoisotopic (exact) mass is 279 g/mol. The molecule has 1 aliphatic rings. The number of rotatable bonds is 7. The number of sulfonamides is 1. The van der Waals surface area contributed by atoms with Crippen molar-refractivity contribution < 1.29 is 18.3 Å². The maximum atomic E-state index is 11.5. The first kappa shape index (κ1) is 15.9. The molecule has 18 heavy (non-hydrogen) atoms. The standard InChI is InChI=1S/C12H25NO4S/c1-3-7-17-10-12(14)8-11-5-4-6-13(9-11)18(2,15)16/h11-12,14H,3-10H2,1-2H3. The van der Waals surface area contributed by atoms with Crippen molar-refractivity contribution in [2.45, 2.75) is 38.7 Å². The molecule has 1 heterocycles. The Bertz CT molecular complexity index is 331. The van der Waals surface area contributed by atoms with E-state index >= 15 is 0 Å². The number of piperidine rings is 1. The Morgan fingerprint density at radius 1 is 1.50 bits per heavy atom. The Balaban J connectivity index is 2.33. The summed E-state index contributed by atoms with van der Waals surface area (Å²) in [5, 5.41) is 9.82. The Hall–Kier alpha value is -0.170. The molecular weight excluding hydrogens is 254 g/mol. The summed E-state index contributed by atoms with van der Waals surface area (Å²) in [7, 11) is -3.10. The van der Waals surface area contributed by atoms with Crippen LogP contribution in [0.5, 0.6) is 0 Å². The van der Waals surface area contributed by atoms with Crippen LogP contribution in [0.2, 0.25) is 0 Å². The van der Waals surface area contributed by atoms with Crippen LogP contribution in [0.25, 0.3) is 0 Å². The van der Waals surface area contributed by atoms with Crippen LogP contribution in [0, 0.1) is 5.92 Å². The molecule has 6 heteroatoms. The van der Waals surface area contributed by atoms with Gasteiger partial charge in [0.2, 0.25) is 10.0 Å². The van der Waals surface area contributed by atoms with Gasteiger partial charge >= 0.3 is 0 Å². The van der Waals surface area contributed by atoms with E-state index in [-0.39, 0.29) is 5.92 Å². The predicted molar refractivity (Wildman–Crippen MR) is 70.9 cm³/mol. The van der Waals surface area contributed by atoms with Crippen LogP contribution < -0.4 is 0 Å². The van der Waals surface area contributed by atoms with E-state index < -0.39 is 16.1 Å². The molecule has 2 unspecified atom stereocenters. The summed E-state index contributed by atoms with van der Waals surface area (Å²) in [6, 6.07) is 0. The lowest BCUT2D eigenvalue weighted by molar-refractivity contribution is 0.0198. The van der Waals surface area contributed by atoms with E-state index in [0.717, 1.165) is 19.3 Å². The molecule has 0 aliphatic carbocycles. The third-order valence-electron chi connectivity index (χ3n) is 3.21. The Morgan fingerprint density at radius 3 is 2.83 bits per heavy atom. The van der Waals surface area contributed by atoms with Gasteiger partial charge in [0.25, 0.3) is 0 Å². The molecule has 0 spiro atoms. The van der Waals surface area contributed by atoms with E-state index in [4.69, 9.17) is 4.74 Å². The number of nitrogens with zero attached hydrogens (tertiary/aromatic N) is 1. The largest absolute Gasteiger partial charge is 0.391 e. The normalized spacial score (nSPS) is 24.1. The number of hydrogen-bond acceptors (Lipinski definition) is 4. The lowest BCUT2D eigenvalue weighted by Crippen LogP contribution is -2.40. The van der Waals surface area contributed by atoms with E-state index in [0.29, 0.717) is 32.7 Å². The van der Waals surface area contributed by atoms with Crippen LogP contribution in [0.4, 0.5) is 0 Å². The highest BCUT2D eigenvalue weighted by Crippen LogP contribution is 2.22. The highest BCUT2D eigenvalue weighted by molar-refractivity contribution is 7.88. The van der Waals surface area contributed by atoms with Crippen LogP contribution in [-0.2, 0) is 14.8 Å². The maximum Gasteiger partial charge on any atom is 0.211 e. The lowest BCUT2D eigenvalue weighted by Gasteiger charge is -2.31. The molecular formula is C12H25NO4S. The topological polar surface area (TPSA) is 66.8 Å². The molecule has 0 saturated carbocycles. The van der Waals surface area contributed by atoms with Gasteiger partial charge in [-0.2, -0.15) is 0 Å². The Morgan fingerprint density at radius 2 is 2.22 bits per heavy atom. The van der Waals surface area contributed by atoms with Crippen molar-refractivity contribution in [2.24, 2.45) is 5.92 Å². The van der Waals surface area contributed by atoms with Crippen molar-refractivity contribution in [3.63, 3.8) is 0 Å². The zero-order valence-corrected chi connectivity index (χ0v) is 12.2. The second-order valence-corrected chi connectivity index (χ2v) is 7.08. The fraction of sp³-hybridized carbons (Fsp3) is 1.00. The second-order valence-electron chi connectivity index (χ2n) is 5.09. The first-order chi connectivity index (χ1) is 8.43. The van der Waals surface area contributed by atoms with Gasteiger partial charge in [-0.1, -0.05) is 6.92 Å². The smallest absolute Gasteiger partial charge is 0.211 e. The van der Waals surface area contributed by atoms with E-state index in [2.05, 4.69) is 0 Å². The van der Waals surface area contributed by atoms with Gasteiger partial charge in [-0.25, -0.2) is 12.7 Å². The number of ether oxygens (including phenoxy) is 1. The molecule has 1 rings (SSSR count). The lowest BCUT2D eigenvalue weighted by atomic mass is 9.94. The SMILES string of the molecule is CCCOCC(O)CC1CCCN(S(C)(=O)=O)C1. The van der Waals surface area contributed by atoms with Gasteiger partial charge in [-0.3, -0.25) is 0 Å². The number of hydrogen-bond donors (Lipinski definition) is 1. The summed E-state index contributed by atoms with van der Waals surface area (Å²) in [4.78, 5) is 0. The van der Waals surface area contributed by atoms with Crippen LogP contribution in [-0.4, -0.2) is 56.5 Å². The zero-order chi connectivity index (χ0) is 13.6. The van der Waals surface area contributed by atoms with Gasteiger partial charge < -0.3 is 9.84 Å². The van der Waals surface area contributed by atoms with Crippen LogP contribution in [0.15, 0.2) is 0 Å². The third kappa shape index (κ3) is 5.65. The van der Waals surface area contributed by atoms with Crippen molar-refractivity contribution in [2.75, 3.05) is 32.6 Å².